The fraction of sp³-hybridized carbons (Fsp3) is 0.167. The van der Waals surface area contributed by atoms with E-state index in [1.54, 1.807) is 0 Å². The molecule has 0 aliphatic heterocycles. The summed E-state index contributed by atoms with van der Waals surface area (Å²) in [5, 5.41) is 0. The van der Waals surface area contributed by atoms with Crippen LogP contribution in [0.15, 0.2) is 30.3 Å². The zero-order chi connectivity index (χ0) is 11.7. The molecule has 0 heterocycles. The summed E-state index contributed by atoms with van der Waals surface area (Å²) >= 11 is 0. The second-order valence-electron chi connectivity index (χ2n) is 2.88. The number of rotatable bonds is 0. The van der Waals surface area contributed by atoms with Crippen LogP contribution < -0.4 is 79.7 Å². The smallest absolute Gasteiger partial charge is 0.358 e. The van der Waals surface area contributed by atoms with Gasteiger partial charge in [0.05, 0.1) is 5.91 Å². The van der Waals surface area contributed by atoms with Crippen LogP contribution in [0.4, 0.5) is 0 Å². The van der Waals surface area contributed by atoms with Crippen LogP contribution in [0.3, 0.4) is 0 Å². The molecule has 17 heavy (non-hydrogen) atoms. The van der Waals surface area contributed by atoms with Crippen LogP contribution in [0.5, 0.6) is 0 Å². The number of aryl methyl sites for hydroxylation is 1. The number of benzene rings is 1. The fourth-order valence-electron chi connectivity index (χ4n) is 0.692. The number of nitrogens with one attached hydrogen (secondary N) is 2. The fourth-order valence-corrected chi connectivity index (χ4v) is 0.692. The molecule has 5 heteroatoms. The van der Waals surface area contributed by atoms with Crippen molar-refractivity contribution in [3.63, 3.8) is 0 Å². The van der Waals surface area contributed by atoms with Crippen LogP contribution >= 0.6 is 0 Å². The molecule has 1 aromatic carbocycles. The third-order valence-electron chi connectivity index (χ3n) is 1.32. The molecule has 0 unspecified atom stereocenters. The van der Waals surface area contributed by atoms with Gasteiger partial charge in [0.25, 0.3) is 0 Å². The predicted molar refractivity (Wildman–Crippen MR) is 64.9 cm³/mol. The van der Waals surface area contributed by atoms with Gasteiger partial charge in [0, 0.05) is 6.92 Å². The van der Waals surface area contributed by atoms with Gasteiger partial charge >= 0.3 is 68.9 Å². The standard InChI is InChI=1S/C7H8.C4H7N2O2.CH3.Cs/c1-7-5-3-2-4-6-7;1-3(7)5-6-4(2)8;;/h2-6H,1H3;1H2,2H3,(H,5,7)(H,6,8);1H3;/q;2*-1;+1. The Morgan fingerprint density at radius 3 is 1.76 bits per heavy atom. The third kappa shape index (κ3) is 18.6. The Morgan fingerprint density at radius 2 is 1.59 bits per heavy atom. The Hall–Kier alpha value is 0.0819. The minimum atomic E-state index is -0.528. The zero-order valence-electron chi connectivity index (χ0n) is 10.9. The van der Waals surface area contributed by atoms with Crippen LogP contribution in [0.2, 0.25) is 0 Å². The molecule has 2 amide bonds. The normalized spacial score (nSPS) is 7.18. The molecular formula is C12H18CsN2O2-. The largest absolute Gasteiger partial charge is 1.00 e. The molecule has 0 radical (unpaired) electrons. The Morgan fingerprint density at radius 1 is 1.12 bits per heavy atom. The maximum atomic E-state index is 9.99. The van der Waals surface area contributed by atoms with Crippen LogP contribution in [0.1, 0.15) is 12.5 Å². The Labute approximate surface area is 162 Å². The Kier molecular flexibility index (Phi) is 18.5. The van der Waals surface area contributed by atoms with Gasteiger partial charge in [0.1, 0.15) is 0 Å². The van der Waals surface area contributed by atoms with E-state index in [0.717, 1.165) is 0 Å². The van der Waals surface area contributed by atoms with Crippen molar-refractivity contribution in [1.82, 2.24) is 10.9 Å². The molecule has 0 aliphatic rings. The van der Waals surface area contributed by atoms with E-state index >= 15 is 0 Å². The van der Waals surface area contributed by atoms with E-state index in [2.05, 4.69) is 26.0 Å². The molecule has 0 aliphatic carbocycles. The van der Waals surface area contributed by atoms with Crippen molar-refractivity contribution in [2.45, 2.75) is 13.8 Å². The molecule has 0 saturated heterocycles. The van der Waals surface area contributed by atoms with Gasteiger partial charge in [-0.2, -0.15) is 0 Å². The number of hydrogen-bond donors (Lipinski definition) is 2. The first kappa shape index (κ1) is 22.3. The van der Waals surface area contributed by atoms with Crippen LogP contribution in [-0.4, -0.2) is 11.8 Å². The summed E-state index contributed by atoms with van der Waals surface area (Å²) in [4.78, 5) is 19.9. The van der Waals surface area contributed by atoms with Crippen molar-refractivity contribution >= 4 is 11.8 Å². The molecule has 4 nitrogen and oxygen atoms in total. The minimum Gasteiger partial charge on any atom is -0.358 e. The molecule has 0 bridgehead atoms. The maximum Gasteiger partial charge on any atom is 1.00 e. The van der Waals surface area contributed by atoms with E-state index in [1.807, 2.05) is 29.1 Å². The number of hydrazine groups is 1. The van der Waals surface area contributed by atoms with E-state index in [4.69, 9.17) is 0 Å². The van der Waals surface area contributed by atoms with Crippen molar-refractivity contribution in [3.05, 3.63) is 50.2 Å². The van der Waals surface area contributed by atoms with Crippen molar-refractivity contribution < 1.29 is 78.5 Å². The van der Waals surface area contributed by atoms with Gasteiger partial charge in [-0.05, 0) is 6.92 Å². The number of hydrogen-bond acceptors (Lipinski definition) is 2. The second-order valence-corrected chi connectivity index (χ2v) is 2.88. The van der Waals surface area contributed by atoms with Crippen molar-refractivity contribution in [3.8, 4) is 0 Å². The molecule has 90 valence electrons. The van der Waals surface area contributed by atoms with E-state index in [-0.39, 0.29) is 82.2 Å². The summed E-state index contributed by atoms with van der Waals surface area (Å²) in [5.74, 6) is -0.845. The van der Waals surface area contributed by atoms with Crippen molar-refractivity contribution in [2.75, 3.05) is 0 Å². The summed E-state index contributed by atoms with van der Waals surface area (Å²) in [6.07, 6.45) is 0. The average Bonchev–Trinajstić information content (AvgIpc) is 2.17. The first-order valence-electron chi connectivity index (χ1n) is 4.42. The molecule has 0 atom stereocenters. The summed E-state index contributed by atoms with van der Waals surface area (Å²) in [6, 6.07) is 10.3. The summed E-state index contributed by atoms with van der Waals surface area (Å²) in [7, 11) is 0. The molecule has 1 aromatic rings. The Bertz CT molecular complexity index is 302. The van der Waals surface area contributed by atoms with Crippen LogP contribution in [0.25, 0.3) is 0 Å². The summed E-state index contributed by atoms with van der Waals surface area (Å²) < 4.78 is 0. The predicted octanol–water partition coefficient (Wildman–Crippen LogP) is -1.56. The van der Waals surface area contributed by atoms with Crippen LogP contribution in [-0.2, 0) is 9.59 Å². The van der Waals surface area contributed by atoms with Gasteiger partial charge in [-0.15, -0.1) is 0 Å². The summed E-state index contributed by atoms with van der Waals surface area (Å²) in [5.41, 5.74) is 5.36. The maximum absolute atomic E-state index is 9.99. The van der Waals surface area contributed by atoms with Gasteiger partial charge in [-0.25, -0.2) is 0 Å². The van der Waals surface area contributed by atoms with E-state index in [1.165, 1.54) is 12.5 Å². The van der Waals surface area contributed by atoms with Crippen molar-refractivity contribution in [2.24, 2.45) is 0 Å². The van der Waals surface area contributed by atoms with Crippen molar-refractivity contribution in [1.29, 1.82) is 0 Å². The first-order valence-corrected chi connectivity index (χ1v) is 4.42. The number of carbonyl (C=O) groups is 2. The molecule has 1 rings (SSSR count). The van der Waals surface area contributed by atoms with E-state index in [0.29, 0.717) is 0 Å². The first-order chi connectivity index (χ1) is 7.02. The van der Waals surface area contributed by atoms with Gasteiger partial charge in [-0.1, -0.05) is 35.9 Å². The SMILES string of the molecule is Cc1ccccc1.[CH2-]C(=O)NNC(C)=O.[CH3-].[Cs+]. The monoisotopic (exact) mass is 355 g/mol. The minimum absolute atomic E-state index is 0. The number of carbonyl (C=O) groups excluding carboxylic acids is 2. The molecular weight excluding hydrogens is 337 g/mol. The zero-order valence-corrected chi connectivity index (χ0v) is 17.2. The van der Waals surface area contributed by atoms with Crippen LogP contribution in [0, 0.1) is 21.3 Å². The molecule has 0 aromatic heterocycles. The third-order valence-corrected chi connectivity index (χ3v) is 1.32. The molecule has 2 N–H and O–H groups in total. The molecule has 0 saturated carbocycles. The van der Waals surface area contributed by atoms with Gasteiger partial charge in [-0.3, -0.25) is 15.6 Å². The van der Waals surface area contributed by atoms with E-state index in [9.17, 15) is 9.59 Å². The topological polar surface area (TPSA) is 58.2 Å². The van der Waals surface area contributed by atoms with Gasteiger partial charge in [0.2, 0.25) is 5.91 Å². The van der Waals surface area contributed by atoms with E-state index < -0.39 is 5.91 Å². The molecule has 0 spiro atoms. The van der Waals surface area contributed by atoms with Gasteiger partial charge < -0.3 is 19.1 Å². The number of amides is 2. The summed E-state index contributed by atoms with van der Waals surface area (Å²) in [6.45, 7) is 6.32. The Balaban J connectivity index is -0.000000207. The second kappa shape index (κ2) is 14.1. The quantitative estimate of drug-likeness (QED) is 0.437. The average molecular weight is 355 g/mol. The molecule has 0 fully saturated rings. The van der Waals surface area contributed by atoms with Gasteiger partial charge in [0.15, 0.2) is 0 Å².